The molecule has 20 heavy (non-hydrogen) atoms. The molecule has 2 fully saturated rings. The van der Waals surface area contributed by atoms with Crippen molar-refractivity contribution in [2.24, 2.45) is 17.6 Å². The first-order chi connectivity index (χ1) is 9.52. The number of carbonyl (C=O) groups excluding carboxylic acids is 1. The number of carbonyl (C=O) groups is 1. The molecule has 6 heteroatoms. The first-order valence-corrected chi connectivity index (χ1v) is 8.51. The van der Waals surface area contributed by atoms with Crippen LogP contribution in [0.4, 0.5) is 0 Å². The first-order valence-electron chi connectivity index (χ1n) is 6.90. The summed E-state index contributed by atoms with van der Waals surface area (Å²) in [5.74, 6) is 1.82. The molecule has 4 nitrogen and oxygen atoms in total. The Bertz CT molecular complexity index is 546. The molecule has 1 aliphatic carbocycles. The van der Waals surface area contributed by atoms with E-state index in [1.807, 2.05) is 11.8 Å². The Balaban J connectivity index is 1.82. The number of nitrogens with zero attached hydrogens (tertiary/aromatic N) is 1. The maximum atomic E-state index is 12.7. The van der Waals surface area contributed by atoms with Gasteiger partial charge in [0.05, 0.1) is 11.6 Å². The minimum absolute atomic E-state index is 0.0854. The van der Waals surface area contributed by atoms with Gasteiger partial charge in [0.2, 0.25) is 0 Å². The van der Waals surface area contributed by atoms with Gasteiger partial charge in [-0.2, -0.15) is 0 Å². The average molecular weight is 359 g/mol. The highest BCUT2D eigenvalue weighted by molar-refractivity contribution is 9.10. The van der Waals surface area contributed by atoms with Crippen molar-refractivity contribution in [2.45, 2.75) is 25.8 Å². The molecule has 3 atom stereocenters. The van der Waals surface area contributed by atoms with E-state index in [9.17, 15) is 4.79 Å². The molecular formula is C14H19BrN2O2S. The molecule has 0 aromatic carbocycles. The Kier molecular flexibility index (Phi) is 3.81. The van der Waals surface area contributed by atoms with Crippen molar-refractivity contribution in [3.05, 3.63) is 14.2 Å². The molecule has 1 amide bonds. The van der Waals surface area contributed by atoms with E-state index >= 15 is 0 Å². The Hall–Kier alpha value is -0.590. The molecular weight excluding hydrogens is 340 g/mol. The van der Waals surface area contributed by atoms with Gasteiger partial charge in [-0.25, -0.2) is 0 Å². The number of aryl methyl sites for hydroxylation is 1. The number of ether oxygens (including phenoxy) is 1. The SMILES string of the molecule is COc1c(C(=O)N2CC3CCC(N)C3C2)sc(C)c1Br. The Labute approximate surface area is 131 Å². The third kappa shape index (κ3) is 2.18. The van der Waals surface area contributed by atoms with E-state index in [1.165, 1.54) is 11.3 Å². The zero-order chi connectivity index (χ0) is 14.4. The molecule has 2 N–H and O–H groups in total. The summed E-state index contributed by atoms with van der Waals surface area (Å²) in [6.45, 7) is 3.62. The van der Waals surface area contributed by atoms with Crippen LogP contribution in [-0.2, 0) is 0 Å². The number of nitrogens with two attached hydrogens (primary N) is 1. The zero-order valence-electron chi connectivity index (χ0n) is 11.7. The van der Waals surface area contributed by atoms with Crippen LogP contribution in [-0.4, -0.2) is 37.0 Å². The minimum atomic E-state index is 0.0854. The normalized spacial score (nSPS) is 28.8. The van der Waals surface area contributed by atoms with Gasteiger partial charge in [0, 0.05) is 24.0 Å². The second-order valence-corrected chi connectivity index (χ2v) is 7.73. The quantitative estimate of drug-likeness (QED) is 0.883. The van der Waals surface area contributed by atoms with Crippen LogP contribution in [0, 0.1) is 18.8 Å². The molecule has 1 aromatic rings. The van der Waals surface area contributed by atoms with Crippen LogP contribution in [0.25, 0.3) is 0 Å². The number of hydrogen-bond donors (Lipinski definition) is 1. The smallest absolute Gasteiger partial charge is 0.267 e. The number of rotatable bonds is 2. The van der Waals surface area contributed by atoms with E-state index in [2.05, 4.69) is 15.9 Å². The van der Waals surface area contributed by atoms with E-state index in [4.69, 9.17) is 10.5 Å². The van der Waals surface area contributed by atoms with E-state index in [0.29, 0.717) is 22.5 Å². The van der Waals surface area contributed by atoms with Gasteiger partial charge in [-0.1, -0.05) is 0 Å². The van der Waals surface area contributed by atoms with Gasteiger partial charge in [-0.05, 0) is 47.5 Å². The fraction of sp³-hybridized carbons (Fsp3) is 0.643. The molecule has 1 saturated carbocycles. The summed E-state index contributed by atoms with van der Waals surface area (Å²) in [6.07, 6.45) is 2.25. The van der Waals surface area contributed by atoms with Crippen LogP contribution in [0.2, 0.25) is 0 Å². The van der Waals surface area contributed by atoms with Gasteiger partial charge in [-0.3, -0.25) is 4.79 Å². The van der Waals surface area contributed by atoms with Gasteiger partial charge in [0.25, 0.3) is 5.91 Å². The predicted molar refractivity (Wildman–Crippen MR) is 83.4 cm³/mol. The van der Waals surface area contributed by atoms with E-state index in [0.717, 1.165) is 35.3 Å². The largest absolute Gasteiger partial charge is 0.494 e. The molecule has 3 unspecified atom stereocenters. The highest BCUT2D eigenvalue weighted by Crippen LogP contribution is 2.42. The highest BCUT2D eigenvalue weighted by atomic mass is 79.9. The summed E-state index contributed by atoms with van der Waals surface area (Å²) < 4.78 is 6.28. The number of halogens is 1. The Morgan fingerprint density at radius 3 is 2.85 bits per heavy atom. The van der Waals surface area contributed by atoms with E-state index < -0.39 is 0 Å². The maximum absolute atomic E-state index is 12.7. The molecule has 2 aliphatic rings. The van der Waals surface area contributed by atoms with E-state index in [-0.39, 0.29) is 11.9 Å². The van der Waals surface area contributed by atoms with Crippen LogP contribution in [0.1, 0.15) is 27.4 Å². The van der Waals surface area contributed by atoms with Gasteiger partial charge in [-0.15, -0.1) is 11.3 Å². The summed E-state index contributed by atoms with van der Waals surface area (Å²) in [4.78, 5) is 16.4. The van der Waals surface area contributed by atoms with Crippen LogP contribution in [0.5, 0.6) is 5.75 Å². The van der Waals surface area contributed by atoms with Crippen LogP contribution >= 0.6 is 27.3 Å². The van der Waals surface area contributed by atoms with Crippen molar-refractivity contribution in [2.75, 3.05) is 20.2 Å². The van der Waals surface area contributed by atoms with Crippen LogP contribution < -0.4 is 10.5 Å². The summed E-state index contributed by atoms with van der Waals surface area (Å²) in [5.41, 5.74) is 6.14. The second kappa shape index (κ2) is 5.31. The summed E-state index contributed by atoms with van der Waals surface area (Å²) in [5, 5.41) is 0. The number of fused-ring (bicyclic) bond motifs is 1. The summed E-state index contributed by atoms with van der Waals surface area (Å²) in [6, 6.07) is 0.261. The Morgan fingerprint density at radius 2 is 2.20 bits per heavy atom. The van der Waals surface area contributed by atoms with Crippen molar-refractivity contribution in [1.29, 1.82) is 0 Å². The lowest BCUT2D eigenvalue weighted by Gasteiger charge is -2.18. The average Bonchev–Trinajstić information content (AvgIpc) is 3.06. The van der Waals surface area contributed by atoms with Crippen molar-refractivity contribution in [3.8, 4) is 5.75 Å². The summed E-state index contributed by atoms with van der Waals surface area (Å²) >= 11 is 4.99. The second-order valence-electron chi connectivity index (χ2n) is 5.71. The standard InChI is InChI=1S/C14H19BrN2O2S/c1-7-11(15)12(19-2)13(20-7)14(18)17-5-8-3-4-10(16)9(8)6-17/h8-10H,3-6,16H2,1-2H3. The minimum Gasteiger partial charge on any atom is -0.494 e. The Morgan fingerprint density at radius 1 is 1.45 bits per heavy atom. The molecule has 1 aliphatic heterocycles. The maximum Gasteiger partial charge on any atom is 0.267 e. The van der Waals surface area contributed by atoms with Gasteiger partial charge < -0.3 is 15.4 Å². The van der Waals surface area contributed by atoms with Crippen molar-refractivity contribution in [3.63, 3.8) is 0 Å². The number of thiophene rings is 1. The predicted octanol–water partition coefficient (Wildman–Crippen LogP) is 2.64. The van der Waals surface area contributed by atoms with Crippen molar-refractivity contribution >= 4 is 33.2 Å². The lowest BCUT2D eigenvalue weighted by atomic mass is 9.98. The molecule has 0 bridgehead atoms. The number of hydrogen-bond acceptors (Lipinski definition) is 4. The molecule has 0 spiro atoms. The highest BCUT2D eigenvalue weighted by Gasteiger charge is 2.43. The van der Waals surface area contributed by atoms with Gasteiger partial charge >= 0.3 is 0 Å². The summed E-state index contributed by atoms with van der Waals surface area (Å²) in [7, 11) is 1.61. The van der Waals surface area contributed by atoms with Crippen molar-refractivity contribution < 1.29 is 9.53 Å². The molecule has 0 radical (unpaired) electrons. The number of likely N-dealkylation sites (tertiary alicyclic amines) is 1. The van der Waals surface area contributed by atoms with E-state index in [1.54, 1.807) is 7.11 Å². The fourth-order valence-electron chi connectivity index (χ4n) is 3.44. The lowest BCUT2D eigenvalue weighted by Crippen LogP contribution is -2.33. The first kappa shape index (κ1) is 14.4. The fourth-order valence-corrected chi connectivity index (χ4v) is 5.16. The van der Waals surface area contributed by atoms with Gasteiger partial charge in [0.1, 0.15) is 4.88 Å². The molecule has 2 heterocycles. The van der Waals surface area contributed by atoms with Gasteiger partial charge in [0.15, 0.2) is 5.75 Å². The van der Waals surface area contributed by atoms with Crippen LogP contribution in [0.15, 0.2) is 4.47 Å². The molecule has 1 aromatic heterocycles. The molecule has 3 rings (SSSR count). The zero-order valence-corrected chi connectivity index (χ0v) is 14.1. The molecule has 110 valence electrons. The third-order valence-corrected chi connectivity index (χ3v) is 6.86. The monoisotopic (exact) mass is 358 g/mol. The lowest BCUT2D eigenvalue weighted by molar-refractivity contribution is 0.0781. The number of amides is 1. The van der Waals surface area contributed by atoms with Crippen molar-refractivity contribution in [1.82, 2.24) is 4.90 Å². The number of methoxy groups -OCH3 is 1. The molecule has 1 saturated heterocycles. The topological polar surface area (TPSA) is 55.6 Å². The third-order valence-electron chi connectivity index (χ3n) is 4.57. The van der Waals surface area contributed by atoms with Crippen LogP contribution in [0.3, 0.4) is 0 Å².